The number of fused-ring (bicyclic) bond motifs is 3. The molecule has 0 unspecified atom stereocenters. The van der Waals surface area contributed by atoms with E-state index in [4.69, 9.17) is 4.98 Å². The van der Waals surface area contributed by atoms with Crippen LogP contribution in [0.25, 0.3) is 15.9 Å². The van der Waals surface area contributed by atoms with Crippen molar-refractivity contribution in [2.45, 2.75) is 57.9 Å². The summed E-state index contributed by atoms with van der Waals surface area (Å²) in [4.78, 5) is 21.4. The Bertz CT molecular complexity index is 1360. The molecule has 0 aliphatic heterocycles. The average molecular weight is 475 g/mol. The van der Waals surface area contributed by atoms with Crippen LogP contribution in [0.15, 0.2) is 64.5 Å². The van der Waals surface area contributed by atoms with Gasteiger partial charge in [0, 0.05) is 10.6 Å². The average Bonchev–Trinajstić information content (AvgIpc) is 3.15. The number of hydrogen-bond acceptors (Lipinski definition) is 4. The molecule has 0 saturated heterocycles. The Kier molecular flexibility index (Phi) is 5.96. The normalized spacial score (nSPS) is 16.2. The van der Waals surface area contributed by atoms with Gasteiger partial charge in [0.25, 0.3) is 5.56 Å². The maximum absolute atomic E-state index is 14.0. The lowest BCUT2D eigenvalue weighted by Gasteiger charge is -2.33. The second-order valence-corrected chi connectivity index (χ2v) is 12.2. The van der Waals surface area contributed by atoms with E-state index < -0.39 is 0 Å². The molecule has 2 aromatic heterocycles. The van der Waals surface area contributed by atoms with Gasteiger partial charge in [-0.2, -0.15) is 0 Å². The summed E-state index contributed by atoms with van der Waals surface area (Å²) in [6.07, 6.45) is 3.16. The molecule has 0 spiro atoms. The molecule has 4 aromatic rings. The first-order valence-electron chi connectivity index (χ1n) is 11.6. The number of rotatable bonds is 4. The van der Waals surface area contributed by atoms with Crippen LogP contribution in [0, 0.1) is 18.3 Å². The van der Waals surface area contributed by atoms with E-state index in [1.165, 1.54) is 16.0 Å². The summed E-state index contributed by atoms with van der Waals surface area (Å²) in [6.45, 7) is 9.06. The van der Waals surface area contributed by atoms with Gasteiger partial charge >= 0.3 is 0 Å². The lowest BCUT2D eigenvalue weighted by Crippen LogP contribution is -2.27. The van der Waals surface area contributed by atoms with Gasteiger partial charge in [-0.05, 0) is 66.3 Å². The molecule has 2 heterocycles. The van der Waals surface area contributed by atoms with Crippen molar-refractivity contribution in [2.24, 2.45) is 11.3 Å². The van der Waals surface area contributed by atoms with Crippen molar-refractivity contribution in [3.05, 3.63) is 86.5 Å². The zero-order valence-corrected chi connectivity index (χ0v) is 21.4. The largest absolute Gasteiger partial charge is 0.268 e. The Hall–Kier alpha value is -2.37. The highest BCUT2D eigenvalue weighted by Gasteiger charge is 2.32. The minimum Gasteiger partial charge on any atom is -0.268 e. The zero-order valence-electron chi connectivity index (χ0n) is 19.7. The van der Waals surface area contributed by atoms with Crippen molar-refractivity contribution in [3.8, 4) is 5.69 Å². The molecule has 0 amide bonds. The molecule has 2 aromatic carbocycles. The molecule has 0 fully saturated rings. The molecule has 0 bridgehead atoms. The summed E-state index contributed by atoms with van der Waals surface area (Å²) < 4.78 is 1.84. The fourth-order valence-electron chi connectivity index (χ4n) is 4.76. The van der Waals surface area contributed by atoms with Crippen LogP contribution in [-0.4, -0.2) is 9.55 Å². The van der Waals surface area contributed by atoms with Crippen LogP contribution < -0.4 is 5.56 Å². The standard InChI is InChI=1S/C28H30N2OS2/c1-18-9-8-12-21(15-18)30-26(31)24-22-14-13-20(28(2,3)4)16-23(22)33-25(24)29-27(30)32-17-19-10-6-5-7-11-19/h5-12,15,20H,13-14,16-17H2,1-4H3/t20-/m0/s1. The lowest BCUT2D eigenvalue weighted by molar-refractivity contribution is 0.218. The maximum atomic E-state index is 14.0. The first-order valence-corrected chi connectivity index (χ1v) is 13.4. The number of thioether (sulfide) groups is 1. The van der Waals surface area contributed by atoms with Gasteiger partial charge in [-0.3, -0.25) is 9.36 Å². The fourth-order valence-corrected chi connectivity index (χ4v) is 7.07. The molecule has 0 N–H and O–H groups in total. The monoisotopic (exact) mass is 474 g/mol. The second-order valence-electron chi connectivity index (χ2n) is 10.1. The molecule has 1 aliphatic rings. The molecule has 5 heteroatoms. The molecule has 5 rings (SSSR count). The summed E-state index contributed by atoms with van der Waals surface area (Å²) in [5, 5.41) is 1.61. The third-order valence-electron chi connectivity index (χ3n) is 6.75. The van der Waals surface area contributed by atoms with Gasteiger partial charge in [0.15, 0.2) is 5.16 Å². The summed E-state index contributed by atoms with van der Waals surface area (Å²) in [7, 11) is 0. The van der Waals surface area contributed by atoms with E-state index in [1.54, 1.807) is 23.1 Å². The van der Waals surface area contributed by atoms with Crippen LogP contribution in [0.3, 0.4) is 0 Å². The van der Waals surface area contributed by atoms with Gasteiger partial charge in [-0.25, -0.2) is 4.98 Å². The van der Waals surface area contributed by atoms with E-state index in [0.717, 1.165) is 51.6 Å². The third kappa shape index (κ3) is 4.41. The van der Waals surface area contributed by atoms with Gasteiger partial charge in [-0.1, -0.05) is 75.0 Å². The predicted molar refractivity (Wildman–Crippen MR) is 141 cm³/mol. The predicted octanol–water partition coefficient (Wildman–Crippen LogP) is 7.20. The number of thiophene rings is 1. The number of nitrogens with zero attached hydrogens (tertiary/aromatic N) is 2. The lowest BCUT2D eigenvalue weighted by atomic mass is 9.72. The summed E-state index contributed by atoms with van der Waals surface area (Å²) in [5.74, 6) is 1.42. The highest BCUT2D eigenvalue weighted by molar-refractivity contribution is 7.98. The van der Waals surface area contributed by atoms with Crippen LogP contribution in [0.4, 0.5) is 0 Å². The second kappa shape index (κ2) is 8.77. The summed E-state index contributed by atoms with van der Waals surface area (Å²) in [6, 6.07) is 18.6. The SMILES string of the molecule is Cc1cccc(-n2c(SCc3ccccc3)nc3sc4c(c3c2=O)CC[C@H](C(C)(C)C)C4)c1. The van der Waals surface area contributed by atoms with Crippen molar-refractivity contribution in [1.29, 1.82) is 0 Å². The Labute approximate surface area is 203 Å². The van der Waals surface area contributed by atoms with Crippen LogP contribution in [0.1, 0.15) is 48.8 Å². The zero-order chi connectivity index (χ0) is 23.2. The van der Waals surface area contributed by atoms with Crippen molar-refractivity contribution < 1.29 is 0 Å². The van der Waals surface area contributed by atoms with Crippen LogP contribution in [-0.2, 0) is 18.6 Å². The molecule has 1 atom stereocenters. The van der Waals surface area contributed by atoms with Gasteiger partial charge in [0.1, 0.15) is 4.83 Å². The smallest absolute Gasteiger partial charge is 0.267 e. The highest BCUT2D eigenvalue weighted by Crippen LogP contribution is 2.42. The van der Waals surface area contributed by atoms with E-state index in [-0.39, 0.29) is 11.0 Å². The number of benzene rings is 2. The van der Waals surface area contributed by atoms with Crippen LogP contribution in [0.2, 0.25) is 0 Å². The third-order valence-corrected chi connectivity index (χ3v) is 8.91. The van der Waals surface area contributed by atoms with Crippen molar-refractivity contribution in [1.82, 2.24) is 9.55 Å². The number of aryl methyl sites for hydroxylation is 2. The van der Waals surface area contributed by atoms with E-state index in [9.17, 15) is 4.79 Å². The Morgan fingerprint density at radius 2 is 1.91 bits per heavy atom. The first kappa shape index (κ1) is 22.4. The first-order chi connectivity index (χ1) is 15.8. The Balaban J connectivity index is 1.65. The van der Waals surface area contributed by atoms with Crippen LogP contribution >= 0.6 is 23.1 Å². The molecule has 0 radical (unpaired) electrons. The molecular weight excluding hydrogens is 444 g/mol. The molecule has 3 nitrogen and oxygen atoms in total. The molecule has 170 valence electrons. The van der Waals surface area contributed by atoms with Crippen LogP contribution in [0.5, 0.6) is 0 Å². The van der Waals surface area contributed by atoms with E-state index in [2.05, 4.69) is 64.1 Å². The van der Waals surface area contributed by atoms with Gasteiger partial charge in [0.05, 0.1) is 11.1 Å². The van der Waals surface area contributed by atoms with Gasteiger partial charge in [0.2, 0.25) is 0 Å². The Morgan fingerprint density at radius 1 is 1.12 bits per heavy atom. The fraction of sp³-hybridized carbons (Fsp3) is 0.357. The maximum Gasteiger partial charge on any atom is 0.267 e. The topological polar surface area (TPSA) is 34.9 Å². The van der Waals surface area contributed by atoms with Crippen molar-refractivity contribution in [3.63, 3.8) is 0 Å². The highest BCUT2D eigenvalue weighted by atomic mass is 32.2. The number of aromatic nitrogens is 2. The number of hydrogen-bond donors (Lipinski definition) is 0. The summed E-state index contributed by atoms with van der Waals surface area (Å²) in [5.41, 5.74) is 4.86. The summed E-state index contributed by atoms with van der Waals surface area (Å²) >= 11 is 3.38. The van der Waals surface area contributed by atoms with Gasteiger partial charge < -0.3 is 0 Å². The van der Waals surface area contributed by atoms with Crippen molar-refractivity contribution >= 4 is 33.3 Å². The van der Waals surface area contributed by atoms with E-state index in [0.29, 0.717) is 5.92 Å². The molecule has 1 aliphatic carbocycles. The Morgan fingerprint density at radius 3 is 2.64 bits per heavy atom. The quantitative estimate of drug-likeness (QED) is 0.232. The minimum atomic E-state index is 0.0767. The minimum absolute atomic E-state index is 0.0767. The molecule has 33 heavy (non-hydrogen) atoms. The van der Waals surface area contributed by atoms with Crippen molar-refractivity contribution in [2.75, 3.05) is 0 Å². The molecule has 0 saturated carbocycles. The van der Waals surface area contributed by atoms with E-state index in [1.807, 2.05) is 22.8 Å². The van der Waals surface area contributed by atoms with Gasteiger partial charge in [-0.15, -0.1) is 11.3 Å². The van der Waals surface area contributed by atoms with E-state index >= 15 is 0 Å². The molecular formula is C28H30N2OS2.